The number of ether oxygens (including phenoxy) is 5. The highest BCUT2D eigenvalue weighted by molar-refractivity contribution is 6.07. The maximum atomic E-state index is 13.9. The topological polar surface area (TPSA) is 156 Å². The molecule has 1 saturated heterocycles. The van der Waals surface area contributed by atoms with E-state index in [2.05, 4.69) is 5.32 Å². The molecule has 0 saturated carbocycles. The van der Waals surface area contributed by atoms with Crippen molar-refractivity contribution in [3.05, 3.63) is 66.2 Å². The van der Waals surface area contributed by atoms with E-state index in [1.165, 1.54) is 6.92 Å². The fourth-order valence-corrected chi connectivity index (χ4v) is 4.67. The van der Waals surface area contributed by atoms with Crippen LogP contribution < -0.4 is 5.32 Å². The van der Waals surface area contributed by atoms with E-state index in [-0.39, 0.29) is 5.56 Å². The third-order valence-corrected chi connectivity index (χ3v) is 6.31. The number of esters is 4. The molecule has 2 aromatic carbocycles. The van der Waals surface area contributed by atoms with E-state index in [0.717, 1.165) is 26.3 Å². The van der Waals surface area contributed by atoms with Crippen molar-refractivity contribution in [2.45, 2.75) is 58.3 Å². The molecule has 0 aliphatic carbocycles. The first-order valence-electron chi connectivity index (χ1n) is 13.1. The quantitative estimate of drug-likeness (QED) is 0.310. The molecule has 1 aliphatic rings. The number of rotatable bonds is 8. The van der Waals surface area contributed by atoms with E-state index in [1.807, 2.05) is 30.3 Å². The van der Waals surface area contributed by atoms with Crippen LogP contribution in [0.2, 0.25) is 0 Å². The summed E-state index contributed by atoms with van der Waals surface area (Å²) in [6.45, 7) is 4.14. The van der Waals surface area contributed by atoms with Crippen molar-refractivity contribution in [2.75, 3.05) is 6.61 Å². The Morgan fingerprint density at radius 2 is 1.40 bits per heavy atom. The Morgan fingerprint density at radius 1 is 0.786 bits per heavy atom. The van der Waals surface area contributed by atoms with Crippen LogP contribution in [0.25, 0.3) is 22.2 Å². The minimum absolute atomic E-state index is 0.230. The van der Waals surface area contributed by atoms with Crippen LogP contribution in [-0.4, -0.2) is 72.0 Å². The van der Waals surface area contributed by atoms with E-state index < -0.39 is 67.0 Å². The minimum Gasteiger partial charge on any atom is -0.463 e. The molecule has 0 spiro atoms. The van der Waals surface area contributed by atoms with Gasteiger partial charge in [-0.05, 0) is 12.1 Å². The Kier molecular flexibility index (Phi) is 9.48. The highest BCUT2D eigenvalue weighted by atomic mass is 16.7. The number of carbonyl (C=O) groups excluding carboxylic acids is 5. The Hall–Kier alpha value is -4.84. The van der Waals surface area contributed by atoms with Crippen molar-refractivity contribution in [3.63, 3.8) is 0 Å². The van der Waals surface area contributed by atoms with Crippen molar-refractivity contribution >= 4 is 40.7 Å². The number of carbonyl (C=O) groups is 5. The van der Waals surface area contributed by atoms with E-state index in [0.29, 0.717) is 16.6 Å². The predicted octanol–water partition coefficient (Wildman–Crippen LogP) is 2.71. The van der Waals surface area contributed by atoms with Gasteiger partial charge in [-0.25, -0.2) is 4.98 Å². The van der Waals surface area contributed by atoms with Crippen LogP contribution >= 0.6 is 0 Å². The third-order valence-electron chi connectivity index (χ3n) is 6.31. The van der Waals surface area contributed by atoms with Gasteiger partial charge in [0, 0.05) is 38.6 Å². The lowest BCUT2D eigenvalue weighted by molar-refractivity contribution is -0.270. The zero-order chi connectivity index (χ0) is 30.4. The largest absolute Gasteiger partial charge is 0.463 e. The van der Waals surface area contributed by atoms with Crippen LogP contribution in [0.1, 0.15) is 38.1 Å². The number of fused-ring (bicyclic) bond motifs is 1. The lowest BCUT2D eigenvalue weighted by Gasteiger charge is -2.44. The van der Waals surface area contributed by atoms with E-state index in [9.17, 15) is 24.0 Å². The van der Waals surface area contributed by atoms with Crippen molar-refractivity contribution in [2.24, 2.45) is 0 Å². The Balaban J connectivity index is 1.78. The maximum absolute atomic E-state index is 13.9. The second-order valence-corrected chi connectivity index (χ2v) is 9.54. The molecule has 0 bridgehead atoms. The third kappa shape index (κ3) is 7.26. The molecule has 42 heavy (non-hydrogen) atoms. The van der Waals surface area contributed by atoms with Crippen molar-refractivity contribution in [1.29, 1.82) is 0 Å². The zero-order valence-electron chi connectivity index (χ0n) is 23.4. The van der Waals surface area contributed by atoms with Gasteiger partial charge in [-0.1, -0.05) is 48.5 Å². The molecule has 1 fully saturated rings. The fourth-order valence-electron chi connectivity index (χ4n) is 4.67. The van der Waals surface area contributed by atoms with Crippen LogP contribution in [0.3, 0.4) is 0 Å². The lowest BCUT2D eigenvalue weighted by atomic mass is 9.95. The molecule has 1 amide bonds. The van der Waals surface area contributed by atoms with Gasteiger partial charge in [0.25, 0.3) is 5.91 Å². The van der Waals surface area contributed by atoms with E-state index >= 15 is 0 Å². The molecule has 5 atom stereocenters. The summed E-state index contributed by atoms with van der Waals surface area (Å²) in [5.41, 5.74) is 2.09. The molecule has 12 nitrogen and oxygen atoms in total. The summed E-state index contributed by atoms with van der Waals surface area (Å²) < 4.78 is 27.3. The Morgan fingerprint density at radius 3 is 2.05 bits per heavy atom. The van der Waals surface area contributed by atoms with Gasteiger partial charge in [0.2, 0.25) is 6.29 Å². The molecule has 0 radical (unpaired) electrons. The number of pyridine rings is 1. The van der Waals surface area contributed by atoms with Gasteiger partial charge >= 0.3 is 23.9 Å². The standard InChI is InChI=1S/C30H30N2O10/c1-16(33)38-15-25-27(39-17(2)34)28(40-18(3)35)26(30(42-25)41-19(4)36)32-29(37)22-14-24(20-10-6-5-7-11-20)31-23-13-9-8-12-21(22)23/h5-14,25-28,30H,15H2,1-4H3,(H,32,37)/t25-,26-,27+,28+,30+/m0/s1. The molecule has 4 rings (SSSR count). The van der Waals surface area contributed by atoms with Crippen molar-refractivity contribution < 1.29 is 47.7 Å². The van der Waals surface area contributed by atoms with Gasteiger partial charge in [0.15, 0.2) is 12.2 Å². The zero-order valence-corrected chi connectivity index (χ0v) is 23.4. The van der Waals surface area contributed by atoms with E-state index in [1.54, 1.807) is 30.3 Å². The average Bonchev–Trinajstić information content (AvgIpc) is 2.94. The molecule has 0 unspecified atom stereocenters. The Labute approximate surface area is 241 Å². The molecule has 1 N–H and O–H groups in total. The molecule has 220 valence electrons. The maximum Gasteiger partial charge on any atom is 0.305 e. The van der Waals surface area contributed by atoms with E-state index in [4.69, 9.17) is 28.7 Å². The highest BCUT2D eigenvalue weighted by Crippen LogP contribution is 2.30. The number of aromatic nitrogens is 1. The van der Waals surface area contributed by atoms with Crippen LogP contribution in [0.5, 0.6) is 0 Å². The molecule has 3 aromatic rings. The molecule has 2 heterocycles. The van der Waals surface area contributed by atoms with Crippen LogP contribution in [0.4, 0.5) is 0 Å². The highest BCUT2D eigenvalue weighted by Gasteiger charge is 2.52. The molecular weight excluding hydrogens is 548 g/mol. The first-order chi connectivity index (χ1) is 20.0. The van der Waals surface area contributed by atoms with Gasteiger partial charge < -0.3 is 29.0 Å². The Bertz CT molecular complexity index is 1490. The number of nitrogens with one attached hydrogen (secondary N) is 1. The average molecular weight is 579 g/mol. The monoisotopic (exact) mass is 578 g/mol. The van der Waals surface area contributed by atoms with Gasteiger partial charge in [0.1, 0.15) is 18.8 Å². The fraction of sp³-hybridized carbons (Fsp3) is 0.333. The predicted molar refractivity (Wildman–Crippen MR) is 147 cm³/mol. The number of hydrogen-bond donors (Lipinski definition) is 1. The smallest absolute Gasteiger partial charge is 0.305 e. The second kappa shape index (κ2) is 13.2. The first-order valence-corrected chi connectivity index (χ1v) is 13.1. The molecular formula is C30H30N2O10. The van der Waals surface area contributed by atoms with Gasteiger partial charge in [-0.2, -0.15) is 0 Å². The van der Waals surface area contributed by atoms with Gasteiger partial charge in [-0.15, -0.1) is 0 Å². The summed E-state index contributed by atoms with van der Waals surface area (Å²) >= 11 is 0. The number of amides is 1. The number of benzene rings is 2. The molecule has 1 aliphatic heterocycles. The summed E-state index contributed by atoms with van der Waals surface area (Å²) in [7, 11) is 0. The number of hydrogen-bond acceptors (Lipinski definition) is 11. The molecule has 1 aromatic heterocycles. The lowest BCUT2D eigenvalue weighted by Crippen LogP contribution is -2.67. The summed E-state index contributed by atoms with van der Waals surface area (Å²) in [5.74, 6) is -3.57. The summed E-state index contributed by atoms with van der Waals surface area (Å²) in [4.78, 5) is 66.5. The normalized spacial score (nSPS) is 21.6. The summed E-state index contributed by atoms with van der Waals surface area (Å²) in [6, 6.07) is 16.6. The van der Waals surface area contributed by atoms with Crippen molar-refractivity contribution in [3.8, 4) is 11.3 Å². The second-order valence-electron chi connectivity index (χ2n) is 9.54. The first kappa shape index (κ1) is 30.1. The van der Waals surface area contributed by atoms with Crippen LogP contribution in [0, 0.1) is 0 Å². The van der Waals surface area contributed by atoms with Crippen molar-refractivity contribution in [1.82, 2.24) is 10.3 Å². The van der Waals surface area contributed by atoms with Crippen LogP contribution in [-0.2, 0) is 42.9 Å². The number of para-hydroxylation sites is 1. The molecule has 12 heteroatoms. The summed E-state index contributed by atoms with van der Waals surface area (Å²) in [5, 5.41) is 3.29. The minimum atomic E-state index is -1.51. The SMILES string of the molecule is CC(=O)OC[C@@H]1O[C@@H](OC(C)=O)[C@@H](NC(=O)c2cc(-c3ccccc3)nc3ccccc23)[C@@H](OC(C)=O)[C@@H]1OC(C)=O. The number of nitrogens with zero attached hydrogens (tertiary/aromatic N) is 1. The van der Waals surface area contributed by atoms with Gasteiger partial charge in [0.05, 0.1) is 16.8 Å². The summed E-state index contributed by atoms with van der Waals surface area (Å²) in [6.07, 6.45) is -5.44. The van der Waals surface area contributed by atoms with Gasteiger partial charge in [-0.3, -0.25) is 24.0 Å². The van der Waals surface area contributed by atoms with Crippen LogP contribution in [0.15, 0.2) is 60.7 Å².